The molecule has 0 aromatic heterocycles. The third-order valence-corrected chi connectivity index (χ3v) is 2.21. The van der Waals surface area contributed by atoms with E-state index in [-0.39, 0.29) is 12.8 Å². The number of carbonyl (C=O) groups is 2. The maximum atomic E-state index is 9.99. The van der Waals surface area contributed by atoms with Gasteiger partial charge in [0.05, 0.1) is 18.2 Å². The molecule has 8 nitrogen and oxygen atoms in total. The number of hydrogen-bond donors (Lipinski definition) is 4. The second-order valence-electron chi connectivity index (χ2n) is 3.67. The van der Waals surface area contributed by atoms with Gasteiger partial charge in [0, 0.05) is 12.6 Å². The first-order valence-corrected chi connectivity index (χ1v) is 5.44. The van der Waals surface area contributed by atoms with Crippen molar-refractivity contribution in [1.29, 1.82) is 0 Å². The summed E-state index contributed by atoms with van der Waals surface area (Å²) in [5, 5.41) is 16.3. The molecule has 0 fully saturated rings. The standard InChI is InChI=1S/C6H5N3.C5H9NO4/c1-2-8-6-3-7-4-9-5(1)6;6-3(5(9)10)1-2-4(7)8/h1-4H,(H,7,9);3H,1-2,6H2,(H,7,8)(H,9,10)/t;3-/m.0/s1. The molecule has 1 atom stereocenters. The average Bonchev–Trinajstić information content (AvgIpc) is 2.84. The van der Waals surface area contributed by atoms with Crippen LogP contribution in [0.15, 0.2) is 24.8 Å². The van der Waals surface area contributed by atoms with Crippen LogP contribution in [-0.4, -0.2) is 43.1 Å². The number of hydrogen-bond acceptors (Lipinski definition) is 5. The van der Waals surface area contributed by atoms with E-state index in [4.69, 9.17) is 15.9 Å². The first-order valence-electron chi connectivity index (χ1n) is 5.44. The van der Waals surface area contributed by atoms with E-state index in [0.717, 1.165) is 11.4 Å². The molecule has 2 aliphatic heterocycles. The topological polar surface area (TPSA) is 142 Å². The molecule has 0 aromatic rings. The second kappa shape index (κ2) is 7.07. The van der Waals surface area contributed by atoms with Crippen molar-refractivity contribution in [3.05, 3.63) is 24.8 Å². The van der Waals surface area contributed by atoms with Gasteiger partial charge in [-0.25, -0.2) is 4.98 Å². The lowest BCUT2D eigenvalue weighted by molar-refractivity contribution is -0.139. The quantitative estimate of drug-likeness (QED) is 0.617. The second-order valence-corrected chi connectivity index (χ2v) is 3.67. The zero-order chi connectivity index (χ0) is 14.3. The van der Waals surface area contributed by atoms with Crippen LogP contribution in [0.25, 0.3) is 11.4 Å². The Morgan fingerprint density at radius 2 is 2.16 bits per heavy atom. The molecule has 2 rings (SSSR count). The van der Waals surface area contributed by atoms with Crippen molar-refractivity contribution in [3.8, 4) is 11.4 Å². The molecule has 2 heterocycles. The highest BCUT2D eigenvalue weighted by atomic mass is 16.4. The Hall–Kier alpha value is -2.48. The van der Waals surface area contributed by atoms with Gasteiger partial charge in [-0.2, -0.15) is 0 Å². The first kappa shape index (κ1) is 14.6. The zero-order valence-electron chi connectivity index (χ0n) is 9.98. The Balaban J connectivity index is 0.000000190. The lowest BCUT2D eigenvalue weighted by Gasteiger charge is -2.01. The average molecular weight is 266 g/mol. The van der Waals surface area contributed by atoms with Crippen molar-refractivity contribution in [2.24, 2.45) is 5.73 Å². The summed E-state index contributed by atoms with van der Waals surface area (Å²) >= 11 is 0. The van der Waals surface area contributed by atoms with Crippen LogP contribution in [0.5, 0.6) is 0 Å². The third-order valence-electron chi connectivity index (χ3n) is 2.21. The highest BCUT2D eigenvalue weighted by molar-refractivity contribution is 5.74. The summed E-state index contributed by atoms with van der Waals surface area (Å²) in [6, 6.07) is 0.855. The molecule has 8 heteroatoms. The molecule has 0 aromatic carbocycles. The Bertz CT molecular complexity index is 486. The molecule has 102 valence electrons. The van der Waals surface area contributed by atoms with Gasteiger partial charge >= 0.3 is 11.9 Å². The molecule has 0 bridgehead atoms. The number of carboxylic acid groups (broad SMARTS) is 2. The van der Waals surface area contributed by atoms with Gasteiger partial charge in [-0.1, -0.05) is 0 Å². The molecule has 0 saturated heterocycles. The third kappa shape index (κ3) is 5.13. The highest BCUT2D eigenvalue weighted by Crippen LogP contribution is 2.12. The maximum absolute atomic E-state index is 9.99. The molecule has 0 aliphatic carbocycles. The number of rotatable bonds is 4. The van der Waals surface area contributed by atoms with Gasteiger partial charge in [0.1, 0.15) is 11.7 Å². The number of aromatic nitrogens is 3. The monoisotopic (exact) mass is 266 g/mol. The van der Waals surface area contributed by atoms with E-state index in [2.05, 4.69) is 15.0 Å². The summed E-state index contributed by atoms with van der Waals surface area (Å²) in [5.74, 6) is -2.20. The molecular formula is C11H14N4O4. The van der Waals surface area contributed by atoms with Crippen LogP contribution in [0.2, 0.25) is 0 Å². The van der Waals surface area contributed by atoms with Gasteiger partial charge in [0.2, 0.25) is 0 Å². The highest BCUT2D eigenvalue weighted by Gasteiger charge is 2.12. The van der Waals surface area contributed by atoms with Gasteiger partial charge in [0.15, 0.2) is 0 Å². The van der Waals surface area contributed by atoms with E-state index in [0.29, 0.717) is 0 Å². The van der Waals surface area contributed by atoms with Crippen LogP contribution in [0.1, 0.15) is 12.8 Å². The van der Waals surface area contributed by atoms with Crippen LogP contribution in [0.3, 0.4) is 0 Å². The summed E-state index contributed by atoms with van der Waals surface area (Å²) in [7, 11) is 0. The molecule has 5 N–H and O–H groups in total. The summed E-state index contributed by atoms with van der Waals surface area (Å²) in [6.45, 7) is 0. The fraction of sp³-hybridized carbons (Fsp3) is 0.273. The lowest BCUT2D eigenvalue weighted by atomic mass is 10.2. The van der Waals surface area contributed by atoms with E-state index < -0.39 is 18.0 Å². The van der Waals surface area contributed by atoms with Gasteiger partial charge < -0.3 is 20.9 Å². The Morgan fingerprint density at radius 1 is 1.42 bits per heavy atom. The van der Waals surface area contributed by atoms with Gasteiger partial charge in [-0.3, -0.25) is 14.6 Å². The first-order chi connectivity index (χ1) is 9.00. The lowest BCUT2D eigenvalue weighted by Crippen LogP contribution is -2.30. The van der Waals surface area contributed by atoms with Gasteiger partial charge in [-0.05, 0) is 12.5 Å². The van der Waals surface area contributed by atoms with Crippen LogP contribution in [-0.2, 0) is 9.59 Å². The number of nitrogens with two attached hydrogens (primary N) is 1. The minimum absolute atomic E-state index is 0.0231. The van der Waals surface area contributed by atoms with Crippen molar-refractivity contribution in [2.75, 3.05) is 0 Å². The van der Waals surface area contributed by atoms with Gasteiger partial charge in [0.25, 0.3) is 0 Å². The summed E-state index contributed by atoms with van der Waals surface area (Å²) in [6.07, 6.45) is 4.90. The van der Waals surface area contributed by atoms with Crippen LogP contribution in [0, 0.1) is 0 Å². The fourth-order valence-corrected chi connectivity index (χ4v) is 1.19. The molecule has 19 heavy (non-hydrogen) atoms. The number of fused-ring (bicyclic) bond motifs is 1. The molecule has 0 spiro atoms. The minimum atomic E-state index is -1.17. The summed E-state index contributed by atoms with van der Waals surface area (Å²) in [4.78, 5) is 30.7. The molecule has 0 unspecified atom stereocenters. The molecular weight excluding hydrogens is 252 g/mol. The van der Waals surface area contributed by atoms with E-state index in [9.17, 15) is 9.59 Å². The number of H-pyrrole nitrogens is 1. The predicted octanol–water partition coefficient (Wildman–Crippen LogP) is 0.173. The van der Waals surface area contributed by atoms with E-state index >= 15 is 0 Å². The predicted molar refractivity (Wildman–Crippen MR) is 65.5 cm³/mol. The molecule has 2 aliphatic rings. The van der Waals surface area contributed by atoms with Gasteiger partial charge in [-0.15, -0.1) is 0 Å². The van der Waals surface area contributed by atoms with E-state index in [1.54, 1.807) is 18.7 Å². The van der Waals surface area contributed by atoms with Crippen molar-refractivity contribution < 1.29 is 19.8 Å². The largest absolute Gasteiger partial charge is 0.481 e. The number of aromatic amines is 1. The van der Waals surface area contributed by atoms with Crippen molar-refractivity contribution in [2.45, 2.75) is 18.9 Å². The number of carboxylic acids is 2. The van der Waals surface area contributed by atoms with E-state index in [1.807, 2.05) is 6.07 Å². The smallest absolute Gasteiger partial charge is 0.320 e. The molecule has 0 amide bonds. The summed E-state index contributed by atoms with van der Waals surface area (Å²) < 4.78 is 0. The number of nitrogens with one attached hydrogen (secondary N) is 1. The maximum Gasteiger partial charge on any atom is 0.320 e. The Kier molecular flexibility index (Phi) is 5.42. The summed E-state index contributed by atoms with van der Waals surface area (Å²) in [5.41, 5.74) is 6.95. The Morgan fingerprint density at radius 3 is 2.74 bits per heavy atom. The SMILES string of the molecule is N[C@@H](CCC(=O)O)C(=O)O.c1cc2[nH]cncc-2n1. The Labute approximate surface area is 108 Å². The number of aliphatic carboxylic acids is 2. The zero-order valence-corrected chi connectivity index (χ0v) is 9.98. The fourth-order valence-electron chi connectivity index (χ4n) is 1.19. The van der Waals surface area contributed by atoms with Crippen molar-refractivity contribution >= 4 is 11.9 Å². The van der Waals surface area contributed by atoms with Crippen molar-refractivity contribution in [1.82, 2.24) is 15.0 Å². The van der Waals surface area contributed by atoms with E-state index in [1.165, 1.54) is 0 Å². The minimum Gasteiger partial charge on any atom is -0.481 e. The molecule has 0 saturated carbocycles. The van der Waals surface area contributed by atoms with Crippen LogP contribution < -0.4 is 5.73 Å². The van der Waals surface area contributed by atoms with Crippen molar-refractivity contribution in [3.63, 3.8) is 0 Å². The normalized spacial score (nSPS) is 11.4. The number of nitrogens with zero attached hydrogens (tertiary/aromatic N) is 2. The van der Waals surface area contributed by atoms with Crippen LogP contribution >= 0.6 is 0 Å². The molecule has 0 radical (unpaired) electrons. The van der Waals surface area contributed by atoms with Crippen LogP contribution in [0.4, 0.5) is 0 Å².